The lowest BCUT2D eigenvalue weighted by molar-refractivity contribution is -0.143. The van der Waals surface area contributed by atoms with Crippen LogP contribution in [0.5, 0.6) is 0 Å². The summed E-state index contributed by atoms with van der Waals surface area (Å²) in [7, 11) is 0. The Morgan fingerprint density at radius 2 is 0.839 bits per heavy atom. The minimum atomic E-state index is -0.673. The Kier molecular flexibility index (Phi) is 45.1. The smallest absolute Gasteiger partial charge is 0.305 e. The molecule has 0 bridgehead atoms. The molecule has 1 amide bonds. The van der Waals surface area contributed by atoms with Crippen LogP contribution in [0.3, 0.4) is 0 Å². The van der Waals surface area contributed by atoms with Crippen LogP contribution in [0.15, 0.2) is 12.2 Å². The highest BCUT2D eigenvalue weighted by Gasteiger charge is 2.20. The maximum atomic E-state index is 12.4. The van der Waals surface area contributed by atoms with Gasteiger partial charge in [-0.15, -0.1) is 0 Å². The number of aliphatic hydroxyl groups is 2. The topological polar surface area (TPSA) is 95.9 Å². The molecule has 0 radical (unpaired) electrons. The van der Waals surface area contributed by atoms with E-state index < -0.39 is 12.1 Å². The molecule has 0 spiro atoms. The average molecular weight is 792 g/mol. The zero-order valence-corrected chi connectivity index (χ0v) is 37.6. The van der Waals surface area contributed by atoms with Gasteiger partial charge in [0.1, 0.15) is 0 Å². The second kappa shape index (κ2) is 46.3. The molecule has 2 unspecified atom stereocenters. The SMILES string of the molecule is CCCCCCCC/C=C\CCCCCCCCCCCC(=O)OCCCCCCCCCCCCCC(=O)NC(CO)C(O)CCCCCCCCCCC. The second-order valence-electron chi connectivity index (χ2n) is 17.1. The summed E-state index contributed by atoms with van der Waals surface area (Å²) in [4.78, 5) is 24.4. The van der Waals surface area contributed by atoms with E-state index in [4.69, 9.17) is 4.74 Å². The van der Waals surface area contributed by atoms with E-state index in [9.17, 15) is 19.8 Å². The van der Waals surface area contributed by atoms with Crippen molar-refractivity contribution in [1.82, 2.24) is 5.32 Å². The Balaban J connectivity index is 3.42. The molecule has 0 saturated carbocycles. The van der Waals surface area contributed by atoms with Gasteiger partial charge in [0.15, 0.2) is 0 Å². The first-order valence-corrected chi connectivity index (χ1v) is 24.9. The van der Waals surface area contributed by atoms with Crippen LogP contribution in [-0.2, 0) is 14.3 Å². The monoisotopic (exact) mass is 792 g/mol. The summed E-state index contributed by atoms with van der Waals surface area (Å²) >= 11 is 0. The van der Waals surface area contributed by atoms with E-state index in [-0.39, 0.29) is 18.5 Å². The zero-order chi connectivity index (χ0) is 40.8. The summed E-state index contributed by atoms with van der Waals surface area (Å²) in [6.45, 7) is 4.89. The maximum Gasteiger partial charge on any atom is 0.305 e. The van der Waals surface area contributed by atoms with Crippen molar-refractivity contribution in [3.8, 4) is 0 Å². The van der Waals surface area contributed by atoms with Crippen molar-refractivity contribution in [2.45, 2.75) is 283 Å². The van der Waals surface area contributed by atoms with Crippen molar-refractivity contribution in [2.24, 2.45) is 0 Å². The summed E-state index contributed by atoms with van der Waals surface area (Å²) < 4.78 is 5.47. The van der Waals surface area contributed by atoms with Crippen LogP contribution in [-0.4, -0.2) is 47.4 Å². The van der Waals surface area contributed by atoms with Gasteiger partial charge in [0.25, 0.3) is 0 Å². The molecule has 0 aliphatic heterocycles. The van der Waals surface area contributed by atoms with Crippen molar-refractivity contribution in [1.29, 1.82) is 0 Å². The van der Waals surface area contributed by atoms with E-state index in [0.29, 0.717) is 25.9 Å². The standard InChI is InChI=1S/C50H97NO5/c1-3-5-7-9-11-13-14-15-16-17-18-19-20-21-24-28-32-36-40-44-50(55)56-45-41-37-33-29-25-22-23-27-31-35-39-43-49(54)51-47(46-52)48(53)42-38-34-30-26-12-10-8-6-4-2/h15-16,47-48,52-53H,3-14,17-46H2,1-2H3,(H,51,54)/b16-15-. The van der Waals surface area contributed by atoms with Crippen molar-refractivity contribution < 1.29 is 24.5 Å². The van der Waals surface area contributed by atoms with Crippen LogP contribution in [0, 0.1) is 0 Å². The highest BCUT2D eigenvalue weighted by Crippen LogP contribution is 2.16. The fourth-order valence-electron chi connectivity index (χ4n) is 7.69. The molecular formula is C50H97NO5. The molecule has 6 heteroatoms. The number of hydrogen-bond acceptors (Lipinski definition) is 5. The molecule has 0 aromatic carbocycles. The highest BCUT2D eigenvalue weighted by molar-refractivity contribution is 5.76. The van der Waals surface area contributed by atoms with Crippen LogP contribution in [0.1, 0.15) is 271 Å². The summed E-state index contributed by atoms with van der Waals surface area (Å²) in [5.41, 5.74) is 0. The van der Waals surface area contributed by atoms with E-state index in [2.05, 4.69) is 31.3 Å². The van der Waals surface area contributed by atoms with Crippen LogP contribution in [0.25, 0.3) is 0 Å². The van der Waals surface area contributed by atoms with E-state index in [1.54, 1.807) is 0 Å². The average Bonchev–Trinajstić information content (AvgIpc) is 3.20. The first-order chi connectivity index (χ1) is 27.5. The number of allylic oxidation sites excluding steroid dienone is 2. The van der Waals surface area contributed by atoms with Crippen LogP contribution < -0.4 is 5.32 Å². The summed E-state index contributed by atoms with van der Waals surface area (Å²) in [5.74, 6) is -0.0705. The lowest BCUT2D eigenvalue weighted by Crippen LogP contribution is -2.45. The van der Waals surface area contributed by atoms with Gasteiger partial charge in [-0.2, -0.15) is 0 Å². The van der Waals surface area contributed by atoms with E-state index in [0.717, 1.165) is 57.8 Å². The van der Waals surface area contributed by atoms with Gasteiger partial charge < -0.3 is 20.3 Å². The molecule has 0 aliphatic carbocycles. The molecule has 332 valence electrons. The van der Waals surface area contributed by atoms with Gasteiger partial charge >= 0.3 is 5.97 Å². The quantitative estimate of drug-likeness (QED) is 0.0324. The van der Waals surface area contributed by atoms with E-state index in [1.807, 2.05) is 0 Å². The molecule has 0 aromatic heterocycles. The fourth-order valence-corrected chi connectivity index (χ4v) is 7.69. The van der Waals surface area contributed by atoms with E-state index in [1.165, 1.54) is 180 Å². The highest BCUT2D eigenvalue weighted by atomic mass is 16.5. The number of ether oxygens (including phenoxy) is 1. The predicted octanol–water partition coefficient (Wildman–Crippen LogP) is 14.6. The van der Waals surface area contributed by atoms with Crippen molar-refractivity contribution in [3.05, 3.63) is 12.2 Å². The largest absolute Gasteiger partial charge is 0.466 e. The molecular weight excluding hydrogens is 695 g/mol. The Morgan fingerprint density at radius 1 is 0.482 bits per heavy atom. The molecule has 6 nitrogen and oxygen atoms in total. The molecule has 0 fully saturated rings. The number of carbonyl (C=O) groups excluding carboxylic acids is 2. The van der Waals surface area contributed by atoms with Gasteiger partial charge in [0.05, 0.1) is 25.4 Å². The third-order valence-corrected chi connectivity index (χ3v) is 11.6. The molecule has 0 aliphatic rings. The molecule has 2 atom stereocenters. The van der Waals surface area contributed by atoms with Crippen LogP contribution in [0.4, 0.5) is 0 Å². The predicted molar refractivity (Wildman–Crippen MR) is 241 cm³/mol. The van der Waals surface area contributed by atoms with Crippen LogP contribution >= 0.6 is 0 Å². The molecule has 0 aromatic rings. The zero-order valence-electron chi connectivity index (χ0n) is 37.6. The minimum absolute atomic E-state index is 0.0145. The first kappa shape index (κ1) is 54.6. The molecule has 3 N–H and O–H groups in total. The van der Waals surface area contributed by atoms with Crippen molar-refractivity contribution in [3.63, 3.8) is 0 Å². The summed E-state index contributed by atoms with van der Waals surface area (Å²) in [5, 5.41) is 23.0. The third-order valence-electron chi connectivity index (χ3n) is 11.6. The number of rotatable bonds is 46. The number of hydrogen-bond donors (Lipinski definition) is 3. The van der Waals surface area contributed by atoms with Crippen molar-refractivity contribution >= 4 is 11.9 Å². The van der Waals surface area contributed by atoms with E-state index >= 15 is 0 Å². The minimum Gasteiger partial charge on any atom is -0.466 e. The third kappa shape index (κ3) is 42.2. The summed E-state index contributed by atoms with van der Waals surface area (Å²) in [6.07, 6.45) is 51.8. The fraction of sp³-hybridized carbons (Fsp3) is 0.920. The van der Waals surface area contributed by atoms with Gasteiger partial charge in [-0.05, 0) is 51.4 Å². The van der Waals surface area contributed by atoms with Gasteiger partial charge in [0, 0.05) is 12.8 Å². The Hall–Kier alpha value is -1.40. The number of esters is 1. The lowest BCUT2D eigenvalue weighted by atomic mass is 10.0. The Bertz CT molecular complexity index is 832. The number of unbranched alkanes of at least 4 members (excludes halogenated alkanes) is 33. The Labute approximate surface area is 349 Å². The molecule has 0 saturated heterocycles. The van der Waals surface area contributed by atoms with Gasteiger partial charge in [0.2, 0.25) is 5.91 Å². The molecule has 56 heavy (non-hydrogen) atoms. The number of aliphatic hydroxyl groups excluding tert-OH is 2. The maximum absolute atomic E-state index is 12.4. The molecule has 0 rings (SSSR count). The van der Waals surface area contributed by atoms with Gasteiger partial charge in [-0.1, -0.05) is 219 Å². The number of amides is 1. The molecule has 0 heterocycles. The second-order valence-corrected chi connectivity index (χ2v) is 17.1. The Morgan fingerprint density at radius 3 is 1.27 bits per heavy atom. The van der Waals surface area contributed by atoms with Crippen molar-refractivity contribution in [2.75, 3.05) is 13.2 Å². The summed E-state index contributed by atoms with van der Waals surface area (Å²) in [6, 6.07) is -0.552. The lowest BCUT2D eigenvalue weighted by Gasteiger charge is -2.22. The van der Waals surface area contributed by atoms with Gasteiger partial charge in [-0.25, -0.2) is 0 Å². The number of carbonyl (C=O) groups is 2. The van der Waals surface area contributed by atoms with Gasteiger partial charge in [-0.3, -0.25) is 9.59 Å². The first-order valence-electron chi connectivity index (χ1n) is 24.9. The normalized spacial score (nSPS) is 12.7. The van der Waals surface area contributed by atoms with Crippen LogP contribution in [0.2, 0.25) is 0 Å². The number of nitrogens with one attached hydrogen (secondary N) is 1.